The van der Waals surface area contributed by atoms with Gasteiger partial charge in [0.05, 0.1) is 17.4 Å². The molecule has 2 aromatic carbocycles. The Morgan fingerprint density at radius 1 is 1.09 bits per heavy atom. The summed E-state index contributed by atoms with van der Waals surface area (Å²) in [4.78, 5) is 12.3. The van der Waals surface area contributed by atoms with Crippen molar-refractivity contribution in [2.45, 2.75) is 33.8 Å². The third kappa shape index (κ3) is 3.79. The van der Waals surface area contributed by atoms with Gasteiger partial charge in [0.2, 0.25) is 0 Å². The highest BCUT2D eigenvalue weighted by Crippen LogP contribution is 2.27. The van der Waals surface area contributed by atoms with E-state index in [-0.39, 0.29) is 12.1 Å². The van der Waals surface area contributed by atoms with E-state index < -0.39 is 0 Å². The minimum atomic E-state index is -0.380. The Bertz CT molecular complexity index is 693. The molecule has 0 aliphatic carbocycles. The van der Waals surface area contributed by atoms with Gasteiger partial charge in [0.15, 0.2) is 0 Å². The number of anilines is 3. The summed E-state index contributed by atoms with van der Waals surface area (Å²) in [6, 6.07) is 11.3. The van der Waals surface area contributed by atoms with Crippen LogP contribution >= 0.6 is 0 Å². The second kappa shape index (κ2) is 6.52. The van der Waals surface area contributed by atoms with Crippen LogP contribution in [0.4, 0.5) is 17.1 Å². The molecule has 0 unspecified atom stereocenters. The summed E-state index contributed by atoms with van der Waals surface area (Å²) in [6.07, 6.45) is -0.178. The lowest BCUT2D eigenvalue weighted by Gasteiger charge is -2.15. The highest BCUT2D eigenvalue weighted by atomic mass is 16.5. The molecule has 0 atom stereocenters. The van der Waals surface area contributed by atoms with Gasteiger partial charge in [-0.1, -0.05) is 12.1 Å². The molecule has 0 aliphatic heterocycles. The number of benzene rings is 2. The van der Waals surface area contributed by atoms with E-state index in [1.807, 2.05) is 39.8 Å². The molecule has 22 heavy (non-hydrogen) atoms. The number of ether oxygens (including phenoxy) is 1. The molecule has 0 fully saturated rings. The first-order valence-corrected chi connectivity index (χ1v) is 7.31. The van der Waals surface area contributed by atoms with Crippen molar-refractivity contribution >= 4 is 23.0 Å². The van der Waals surface area contributed by atoms with Crippen LogP contribution in [0.1, 0.15) is 35.3 Å². The van der Waals surface area contributed by atoms with Crippen LogP contribution < -0.4 is 11.1 Å². The highest BCUT2D eigenvalue weighted by Gasteiger charge is 2.15. The number of nitrogen functional groups attached to an aromatic ring is 1. The highest BCUT2D eigenvalue weighted by molar-refractivity contribution is 5.97. The second-order valence-corrected chi connectivity index (χ2v) is 5.70. The normalized spacial score (nSPS) is 10.6. The minimum Gasteiger partial charge on any atom is -0.459 e. The van der Waals surface area contributed by atoms with Crippen molar-refractivity contribution in [1.82, 2.24) is 0 Å². The number of carbonyl (C=O) groups is 1. The molecule has 0 saturated heterocycles. The summed E-state index contributed by atoms with van der Waals surface area (Å²) in [6.45, 7) is 7.69. The summed E-state index contributed by atoms with van der Waals surface area (Å²) >= 11 is 0. The van der Waals surface area contributed by atoms with Gasteiger partial charge < -0.3 is 15.8 Å². The molecule has 4 heteroatoms. The first-order chi connectivity index (χ1) is 10.4. The molecular weight excluding hydrogens is 276 g/mol. The van der Waals surface area contributed by atoms with Crippen molar-refractivity contribution < 1.29 is 9.53 Å². The zero-order valence-corrected chi connectivity index (χ0v) is 13.4. The molecule has 0 amide bonds. The second-order valence-electron chi connectivity index (χ2n) is 5.70. The molecule has 0 bridgehead atoms. The van der Waals surface area contributed by atoms with E-state index in [1.165, 1.54) is 0 Å². The maximum atomic E-state index is 12.3. The molecule has 0 heterocycles. The summed E-state index contributed by atoms with van der Waals surface area (Å²) in [5.74, 6) is -0.380. The monoisotopic (exact) mass is 298 g/mol. The van der Waals surface area contributed by atoms with Crippen LogP contribution in [0.2, 0.25) is 0 Å². The number of carbonyl (C=O) groups excluding carboxylic acids is 1. The van der Waals surface area contributed by atoms with Crippen molar-refractivity contribution in [3.05, 3.63) is 53.1 Å². The lowest BCUT2D eigenvalue weighted by molar-refractivity contribution is 0.0379. The third-order valence-corrected chi connectivity index (χ3v) is 3.27. The zero-order chi connectivity index (χ0) is 16.3. The van der Waals surface area contributed by atoms with Crippen LogP contribution in [-0.2, 0) is 4.74 Å². The SMILES string of the molecule is Cc1ccc(C)c(Nc2ccc(N)cc2C(=O)OC(C)C)c1. The average molecular weight is 298 g/mol. The summed E-state index contributed by atoms with van der Waals surface area (Å²) in [7, 11) is 0. The number of aryl methyl sites for hydroxylation is 2. The van der Waals surface area contributed by atoms with Gasteiger partial charge in [0, 0.05) is 11.4 Å². The van der Waals surface area contributed by atoms with E-state index >= 15 is 0 Å². The van der Waals surface area contributed by atoms with E-state index in [4.69, 9.17) is 10.5 Å². The van der Waals surface area contributed by atoms with Crippen LogP contribution in [0.25, 0.3) is 0 Å². The summed E-state index contributed by atoms with van der Waals surface area (Å²) in [5, 5.41) is 3.31. The molecule has 0 radical (unpaired) electrons. The van der Waals surface area contributed by atoms with Crippen molar-refractivity contribution in [2.75, 3.05) is 11.1 Å². The largest absolute Gasteiger partial charge is 0.459 e. The molecule has 2 rings (SSSR count). The van der Waals surface area contributed by atoms with Crippen molar-refractivity contribution in [3.8, 4) is 0 Å². The van der Waals surface area contributed by atoms with Crippen molar-refractivity contribution in [1.29, 1.82) is 0 Å². The predicted molar refractivity (Wildman–Crippen MR) is 90.6 cm³/mol. The van der Waals surface area contributed by atoms with Gasteiger partial charge in [-0.25, -0.2) is 4.79 Å². The van der Waals surface area contributed by atoms with E-state index in [2.05, 4.69) is 11.4 Å². The van der Waals surface area contributed by atoms with Crippen LogP contribution in [0.5, 0.6) is 0 Å². The topological polar surface area (TPSA) is 64.3 Å². The minimum absolute atomic E-state index is 0.178. The Labute approximate surface area is 131 Å². The molecular formula is C18H22N2O2. The number of hydrogen-bond acceptors (Lipinski definition) is 4. The Balaban J connectivity index is 2.38. The van der Waals surface area contributed by atoms with Gasteiger partial charge in [-0.3, -0.25) is 0 Å². The molecule has 0 aliphatic rings. The zero-order valence-electron chi connectivity index (χ0n) is 13.4. The van der Waals surface area contributed by atoms with E-state index in [1.54, 1.807) is 18.2 Å². The fourth-order valence-electron chi connectivity index (χ4n) is 2.13. The van der Waals surface area contributed by atoms with E-state index in [0.29, 0.717) is 16.9 Å². The Hall–Kier alpha value is -2.49. The molecule has 3 N–H and O–H groups in total. The molecule has 0 spiro atoms. The lowest BCUT2D eigenvalue weighted by atomic mass is 10.1. The molecule has 0 saturated carbocycles. The number of nitrogens with two attached hydrogens (primary N) is 1. The van der Waals surface area contributed by atoms with Gasteiger partial charge in [-0.05, 0) is 63.1 Å². The fourth-order valence-corrected chi connectivity index (χ4v) is 2.13. The predicted octanol–water partition coefficient (Wildman–Crippen LogP) is 4.19. The van der Waals surface area contributed by atoms with Crippen LogP contribution in [0.3, 0.4) is 0 Å². The van der Waals surface area contributed by atoms with E-state index in [0.717, 1.165) is 16.8 Å². The van der Waals surface area contributed by atoms with Gasteiger partial charge in [-0.2, -0.15) is 0 Å². The standard InChI is InChI=1S/C18H22N2O2/c1-11(2)22-18(21)15-10-14(19)7-8-16(15)20-17-9-12(3)5-6-13(17)4/h5-11,20H,19H2,1-4H3. The first-order valence-electron chi connectivity index (χ1n) is 7.31. The van der Waals surface area contributed by atoms with Gasteiger partial charge in [0.1, 0.15) is 0 Å². The fraction of sp³-hybridized carbons (Fsp3) is 0.278. The quantitative estimate of drug-likeness (QED) is 0.656. The van der Waals surface area contributed by atoms with Crippen LogP contribution in [0.15, 0.2) is 36.4 Å². The molecule has 0 aromatic heterocycles. The number of hydrogen-bond donors (Lipinski definition) is 2. The summed E-state index contributed by atoms with van der Waals surface area (Å²) in [5.41, 5.74) is 10.7. The summed E-state index contributed by atoms with van der Waals surface area (Å²) < 4.78 is 5.29. The van der Waals surface area contributed by atoms with Crippen molar-refractivity contribution in [2.24, 2.45) is 0 Å². The average Bonchev–Trinajstić information content (AvgIpc) is 2.44. The Morgan fingerprint density at radius 3 is 2.50 bits per heavy atom. The van der Waals surface area contributed by atoms with Gasteiger partial charge >= 0.3 is 5.97 Å². The first kappa shape index (κ1) is 15.9. The van der Waals surface area contributed by atoms with Crippen LogP contribution in [0, 0.1) is 13.8 Å². The Kier molecular flexibility index (Phi) is 4.71. The number of esters is 1. The van der Waals surface area contributed by atoms with Crippen molar-refractivity contribution in [3.63, 3.8) is 0 Å². The van der Waals surface area contributed by atoms with Gasteiger partial charge in [0.25, 0.3) is 0 Å². The van der Waals surface area contributed by atoms with Gasteiger partial charge in [-0.15, -0.1) is 0 Å². The van der Waals surface area contributed by atoms with Crippen LogP contribution in [-0.4, -0.2) is 12.1 Å². The third-order valence-electron chi connectivity index (χ3n) is 3.27. The lowest BCUT2D eigenvalue weighted by Crippen LogP contribution is -2.13. The maximum absolute atomic E-state index is 12.3. The molecule has 2 aromatic rings. The number of nitrogens with one attached hydrogen (secondary N) is 1. The number of rotatable bonds is 4. The molecule has 4 nitrogen and oxygen atoms in total. The smallest absolute Gasteiger partial charge is 0.340 e. The van der Waals surface area contributed by atoms with E-state index in [9.17, 15) is 4.79 Å². The molecule has 116 valence electrons. The maximum Gasteiger partial charge on any atom is 0.340 e. The Morgan fingerprint density at radius 2 is 1.82 bits per heavy atom.